The number of hydrogen-bond donors (Lipinski definition) is 0. The Kier molecular flexibility index (Phi) is 2.54. The molecule has 22 heavy (non-hydrogen) atoms. The normalized spacial score (nSPS) is 18.8. The minimum absolute atomic E-state index is 0.524. The Bertz CT molecular complexity index is 814. The Hall–Kier alpha value is -2.34. The second-order valence-corrected chi connectivity index (χ2v) is 6.50. The Morgan fingerprint density at radius 1 is 0.591 bits per heavy atom. The summed E-state index contributed by atoms with van der Waals surface area (Å²) in [7, 11) is 0. The molecule has 2 aliphatic rings. The van der Waals surface area contributed by atoms with Crippen LogP contribution in [0.15, 0.2) is 72.8 Å². The van der Waals surface area contributed by atoms with Crippen LogP contribution in [-0.2, 0) is 6.42 Å². The van der Waals surface area contributed by atoms with Crippen molar-refractivity contribution in [3.63, 3.8) is 0 Å². The zero-order chi connectivity index (χ0) is 14.5. The topological polar surface area (TPSA) is 0 Å². The molecule has 5 rings (SSSR count). The number of fused-ring (bicyclic) bond motifs is 4. The van der Waals surface area contributed by atoms with Crippen molar-refractivity contribution in [1.82, 2.24) is 0 Å². The first kappa shape index (κ1) is 12.2. The van der Waals surface area contributed by atoms with Gasteiger partial charge in [0, 0.05) is 5.92 Å². The first-order chi connectivity index (χ1) is 10.9. The molecule has 106 valence electrons. The van der Waals surface area contributed by atoms with Gasteiger partial charge in [-0.2, -0.15) is 0 Å². The molecule has 0 fully saturated rings. The summed E-state index contributed by atoms with van der Waals surface area (Å²) in [5.41, 5.74) is 9.03. The maximum atomic E-state index is 2.34. The summed E-state index contributed by atoms with van der Waals surface area (Å²) in [5.74, 6) is 1.15. The molecular formula is C22H18. The van der Waals surface area contributed by atoms with Crippen molar-refractivity contribution >= 4 is 0 Å². The number of aryl methyl sites for hydroxylation is 1. The largest absolute Gasteiger partial charge is 0.0620 e. The standard InChI is InChI=1S/C22H18/c1-2-8-16-15(7-1)13-14-21(16)22-19-11-5-3-9-17(19)18-10-4-6-12-20(18)22/h1-12,21-22H,13-14H2. The molecule has 0 spiro atoms. The highest BCUT2D eigenvalue weighted by Gasteiger charge is 2.37. The summed E-state index contributed by atoms with van der Waals surface area (Å²) < 4.78 is 0. The lowest BCUT2D eigenvalue weighted by Crippen LogP contribution is -2.07. The summed E-state index contributed by atoms with van der Waals surface area (Å²) in [6.45, 7) is 0. The third-order valence-corrected chi connectivity index (χ3v) is 5.46. The molecular weight excluding hydrogens is 264 g/mol. The van der Waals surface area contributed by atoms with Gasteiger partial charge >= 0.3 is 0 Å². The third kappa shape index (κ3) is 1.58. The fraction of sp³-hybridized carbons (Fsp3) is 0.182. The van der Waals surface area contributed by atoms with Gasteiger partial charge in [-0.15, -0.1) is 0 Å². The van der Waals surface area contributed by atoms with Crippen LogP contribution in [0.3, 0.4) is 0 Å². The van der Waals surface area contributed by atoms with Crippen LogP contribution < -0.4 is 0 Å². The monoisotopic (exact) mass is 282 g/mol. The van der Waals surface area contributed by atoms with Crippen LogP contribution in [0.25, 0.3) is 11.1 Å². The summed E-state index contributed by atoms with van der Waals surface area (Å²) in [6, 6.07) is 27.0. The molecule has 0 bridgehead atoms. The van der Waals surface area contributed by atoms with Gasteiger partial charge in [-0.05, 0) is 52.1 Å². The van der Waals surface area contributed by atoms with E-state index >= 15 is 0 Å². The molecule has 3 aromatic carbocycles. The highest BCUT2D eigenvalue weighted by Crippen LogP contribution is 2.54. The average molecular weight is 282 g/mol. The second-order valence-electron chi connectivity index (χ2n) is 6.50. The zero-order valence-electron chi connectivity index (χ0n) is 12.5. The summed E-state index contributed by atoms with van der Waals surface area (Å²) in [5, 5.41) is 0. The molecule has 0 radical (unpaired) electrons. The molecule has 0 heteroatoms. The van der Waals surface area contributed by atoms with E-state index in [1.54, 1.807) is 11.1 Å². The van der Waals surface area contributed by atoms with Gasteiger partial charge < -0.3 is 0 Å². The summed E-state index contributed by atoms with van der Waals surface area (Å²) >= 11 is 0. The van der Waals surface area contributed by atoms with E-state index in [9.17, 15) is 0 Å². The fourth-order valence-corrected chi connectivity index (χ4v) is 4.56. The molecule has 3 aromatic rings. The van der Waals surface area contributed by atoms with Gasteiger partial charge in [0.1, 0.15) is 0 Å². The van der Waals surface area contributed by atoms with Crippen molar-refractivity contribution in [3.8, 4) is 11.1 Å². The number of rotatable bonds is 1. The zero-order valence-corrected chi connectivity index (χ0v) is 12.5. The van der Waals surface area contributed by atoms with Crippen LogP contribution in [-0.4, -0.2) is 0 Å². The van der Waals surface area contributed by atoms with Crippen LogP contribution in [0.2, 0.25) is 0 Å². The van der Waals surface area contributed by atoms with E-state index < -0.39 is 0 Å². The van der Waals surface area contributed by atoms with Gasteiger partial charge in [0.05, 0.1) is 0 Å². The molecule has 0 N–H and O–H groups in total. The van der Waals surface area contributed by atoms with Crippen LogP contribution in [0.1, 0.15) is 40.5 Å². The highest BCUT2D eigenvalue weighted by atomic mass is 14.4. The van der Waals surface area contributed by atoms with Crippen molar-refractivity contribution in [2.45, 2.75) is 24.7 Å². The van der Waals surface area contributed by atoms with Gasteiger partial charge in [0.15, 0.2) is 0 Å². The van der Waals surface area contributed by atoms with Gasteiger partial charge in [-0.1, -0.05) is 72.8 Å². The quantitative estimate of drug-likeness (QED) is 0.550. The van der Waals surface area contributed by atoms with E-state index in [0.717, 1.165) is 0 Å². The summed E-state index contributed by atoms with van der Waals surface area (Å²) in [4.78, 5) is 0. The minimum atomic E-state index is 0.524. The number of benzene rings is 3. The maximum Gasteiger partial charge on any atom is 0.0171 e. The van der Waals surface area contributed by atoms with Crippen LogP contribution in [0.4, 0.5) is 0 Å². The van der Waals surface area contributed by atoms with E-state index in [2.05, 4.69) is 72.8 Å². The fourth-order valence-electron chi connectivity index (χ4n) is 4.56. The van der Waals surface area contributed by atoms with E-state index in [0.29, 0.717) is 11.8 Å². The van der Waals surface area contributed by atoms with Gasteiger partial charge in [-0.25, -0.2) is 0 Å². The van der Waals surface area contributed by atoms with E-state index in [-0.39, 0.29) is 0 Å². The van der Waals surface area contributed by atoms with E-state index in [1.807, 2.05) is 0 Å². The molecule has 0 amide bonds. The molecule has 0 aliphatic heterocycles. The molecule has 1 atom stereocenters. The van der Waals surface area contributed by atoms with E-state index in [1.165, 1.54) is 35.1 Å². The highest BCUT2D eigenvalue weighted by molar-refractivity contribution is 5.79. The molecule has 1 unspecified atom stereocenters. The minimum Gasteiger partial charge on any atom is -0.0620 e. The SMILES string of the molecule is c1ccc2c(c1)CCC2C1c2ccccc2-c2ccccc21. The lowest BCUT2D eigenvalue weighted by Gasteiger charge is -2.22. The summed E-state index contributed by atoms with van der Waals surface area (Å²) in [6.07, 6.45) is 2.49. The molecule has 0 saturated carbocycles. The predicted molar refractivity (Wildman–Crippen MR) is 91.2 cm³/mol. The van der Waals surface area contributed by atoms with Gasteiger partial charge in [0.25, 0.3) is 0 Å². The van der Waals surface area contributed by atoms with Gasteiger partial charge in [0.2, 0.25) is 0 Å². The van der Waals surface area contributed by atoms with Crippen molar-refractivity contribution in [2.24, 2.45) is 0 Å². The molecule has 0 heterocycles. The second kappa shape index (κ2) is 4.58. The average Bonchev–Trinajstić information content (AvgIpc) is 3.14. The Labute approximate surface area is 131 Å². The van der Waals surface area contributed by atoms with Crippen molar-refractivity contribution in [1.29, 1.82) is 0 Å². The Morgan fingerprint density at radius 3 is 1.82 bits per heavy atom. The van der Waals surface area contributed by atoms with Gasteiger partial charge in [-0.3, -0.25) is 0 Å². The van der Waals surface area contributed by atoms with Crippen LogP contribution in [0, 0.1) is 0 Å². The first-order valence-electron chi connectivity index (χ1n) is 8.19. The molecule has 2 aliphatic carbocycles. The van der Waals surface area contributed by atoms with E-state index in [4.69, 9.17) is 0 Å². The lowest BCUT2D eigenvalue weighted by atomic mass is 9.81. The molecule has 0 saturated heterocycles. The van der Waals surface area contributed by atoms with Crippen molar-refractivity contribution < 1.29 is 0 Å². The lowest BCUT2D eigenvalue weighted by molar-refractivity contribution is 0.608. The molecule has 0 nitrogen and oxygen atoms in total. The predicted octanol–water partition coefficient (Wildman–Crippen LogP) is 5.53. The van der Waals surface area contributed by atoms with Crippen molar-refractivity contribution in [3.05, 3.63) is 95.1 Å². The smallest absolute Gasteiger partial charge is 0.0171 e. The first-order valence-corrected chi connectivity index (χ1v) is 8.19. The Morgan fingerprint density at radius 2 is 1.14 bits per heavy atom. The Balaban J connectivity index is 1.73. The third-order valence-electron chi connectivity index (χ3n) is 5.46. The number of hydrogen-bond acceptors (Lipinski definition) is 0. The van der Waals surface area contributed by atoms with Crippen LogP contribution >= 0.6 is 0 Å². The van der Waals surface area contributed by atoms with Crippen molar-refractivity contribution in [2.75, 3.05) is 0 Å². The maximum absolute atomic E-state index is 2.34. The van der Waals surface area contributed by atoms with Crippen LogP contribution in [0.5, 0.6) is 0 Å². The molecule has 0 aromatic heterocycles.